The average molecular weight is 371 g/mol. The second-order valence-corrected chi connectivity index (χ2v) is 9.49. The Morgan fingerprint density at radius 2 is 2.04 bits per heavy atom. The molecule has 6 nitrogen and oxygen atoms in total. The van der Waals surface area contributed by atoms with Gasteiger partial charge in [0.25, 0.3) is 0 Å². The van der Waals surface area contributed by atoms with Gasteiger partial charge in [-0.3, -0.25) is 0 Å². The van der Waals surface area contributed by atoms with Crippen molar-refractivity contribution in [3.05, 3.63) is 35.6 Å². The third-order valence-corrected chi connectivity index (χ3v) is 6.33. The number of hydrogen-bond acceptors (Lipinski definition) is 5. The van der Waals surface area contributed by atoms with Crippen molar-refractivity contribution in [1.29, 1.82) is 0 Å². The number of hydrogen-bond donors (Lipinski definition) is 1. The maximum Gasteiger partial charge on any atom is 0.408 e. The zero-order chi connectivity index (χ0) is 19.0. The minimum absolute atomic E-state index is 0.199. The summed E-state index contributed by atoms with van der Waals surface area (Å²) >= 11 is 0. The molecule has 0 heterocycles. The van der Waals surface area contributed by atoms with Crippen LogP contribution in [0.3, 0.4) is 0 Å². The highest BCUT2D eigenvalue weighted by molar-refractivity contribution is 7.92. The van der Waals surface area contributed by atoms with Crippen LogP contribution in [-0.2, 0) is 19.4 Å². The van der Waals surface area contributed by atoms with Crippen LogP contribution in [0.5, 0.6) is 0 Å². The van der Waals surface area contributed by atoms with Gasteiger partial charge in [0.2, 0.25) is 0 Å². The van der Waals surface area contributed by atoms with E-state index in [1.165, 1.54) is 31.2 Å². The molecule has 138 valence electrons. The van der Waals surface area contributed by atoms with E-state index in [1.807, 2.05) is 0 Å². The lowest BCUT2D eigenvalue weighted by Crippen LogP contribution is -2.45. The molecule has 0 spiro atoms. The van der Waals surface area contributed by atoms with E-state index in [1.54, 1.807) is 20.8 Å². The van der Waals surface area contributed by atoms with Crippen LogP contribution in [0, 0.1) is 5.82 Å². The number of carbonyl (C=O) groups is 2. The number of sulfone groups is 1. The van der Waals surface area contributed by atoms with E-state index in [-0.39, 0.29) is 5.75 Å². The van der Waals surface area contributed by atoms with Gasteiger partial charge in [0.05, 0.1) is 0 Å². The third kappa shape index (κ3) is 3.84. The number of ether oxygens (including phenoxy) is 1. The molecule has 1 fully saturated rings. The van der Waals surface area contributed by atoms with Crippen molar-refractivity contribution in [1.82, 2.24) is 5.32 Å². The Morgan fingerprint density at radius 1 is 1.40 bits per heavy atom. The average Bonchev–Trinajstić information content (AvgIpc) is 3.15. The van der Waals surface area contributed by atoms with Crippen LogP contribution in [-0.4, -0.2) is 42.9 Å². The highest BCUT2D eigenvalue weighted by Crippen LogP contribution is 2.55. The molecule has 8 heteroatoms. The smallest absolute Gasteiger partial charge is 0.408 e. The predicted molar refractivity (Wildman–Crippen MR) is 90.6 cm³/mol. The predicted octanol–water partition coefficient (Wildman–Crippen LogP) is 2.19. The van der Waals surface area contributed by atoms with E-state index in [0.717, 1.165) is 0 Å². The molecule has 2 rings (SSSR count). The lowest BCUT2D eigenvalue weighted by molar-refractivity contribution is -0.110. The highest BCUT2D eigenvalue weighted by Gasteiger charge is 2.72. The van der Waals surface area contributed by atoms with Gasteiger partial charge >= 0.3 is 6.09 Å². The first-order chi connectivity index (χ1) is 11.5. The fourth-order valence-corrected chi connectivity index (χ4v) is 4.94. The summed E-state index contributed by atoms with van der Waals surface area (Å²) in [5.74, 6) is -1.61. The summed E-state index contributed by atoms with van der Waals surface area (Å²) in [5.41, 5.74) is -2.13. The van der Waals surface area contributed by atoms with Crippen LogP contribution >= 0.6 is 0 Å². The summed E-state index contributed by atoms with van der Waals surface area (Å²) in [5, 5.41) is 1.25. The number of rotatable bonds is 5. The number of carbonyl (C=O) groups excluding carboxylic acids is 2. The monoisotopic (exact) mass is 371 g/mol. The van der Waals surface area contributed by atoms with E-state index >= 15 is 0 Å². The molecular weight excluding hydrogens is 349 g/mol. The standard InChI is InChI=1S/C17H22FNO5S/c1-5-25(22,23)14-13(11-7-6-8-12(18)9-11)17(14,10-20)19-15(21)24-16(2,3)4/h6-10,13-14H,5H2,1-4H3,(H,19,21)/t13-,14+,17-/m0/s1. The Hall–Kier alpha value is -1.96. The number of benzene rings is 1. The molecule has 1 aromatic rings. The van der Waals surface area contributed by atoms with Crippen LogP contribution in [0.4, 0.5) is 9.18 Å². The maximum atomic E-state index is 13.6. The number of aldehydes is 1. The molecule has 1 aromatic carbocycles. The Bertz CT molecular complexity index is 786. The number of nitrogens with one attached hydrogen (secondary N) is 1. The quantitative estimate of drug-likeness (QED) is 0.802. The molecule has 1 aliphatic carbocycles. The van der Waals surface area contributed by atoms with Crippen LogP contribution in [0.15, 0.2) is 24.3 Å². The maximum absolute atomic E-state index is 13.6. The van der Waals surface area contributed by atoms with Crippen molar-refractivity contribution in [2.75, 3.05) is 5.75 Å². The van der Waals surface area contributed by atoms with E-state index in [9.17, 15) is 22.4 Å². The molecule has 1 amide bonds. The molecule has 1 aliphatic rings. The SMILES string of the molecule is CCS(=O)(=O)[C@@H]1[C@H](c2cccc(F)c2)[C@]1(C=O)NC(=O)OC(C)(C)C. The highest BCUT2D eigenvalue weighted by atomic mass is 32.2. The van der Waals surface area contributed by atoms with Gasteiger partial charge in [0, 0.05) is 11.7 Å². The van der Waals surface area contributed by atoms with Crippen molar-refractivity contribution < 1.29 is 27.1 Å². The summed E-state index contributed by atoms with van der Waals surface area (Å²) in [6.45, 7) is 6.41. The molecule has 3 atom stereocenters. The molecular formula is C17H22FNO5S. The number of halogens is 1. The van der Waals surface area contributed by atoms with Gasteiger partial charge in [-0.2, -0.15) is 0 Å². The molecule has 1 saturated carbocycles. The van der Waals surface area contributed by atoms with Gasteiger partial charge in [0.1, 0.15) is 28.5 Å². The van der Waals surface area contributed by atoms with Crippen molar-refractivity contribution >= 4 is 22.2 Å². The molecule has 0 unspecified atom stereocenters. The van der Waals surface area contributed by atoms with E-state index in [0.29, 0.717) is 11.8 Å². The molecule has 0 saturated heterocycles. The van der Waals surface area contributed by atoms with E-state index < -0.39 is 44.1 Å². The molecule has 0 aromatic heterocycles. The Balaban J connectivity index is 2.42. The molecule has 0 radical (unpaired) electrons. The normalized spacial score (nSPS) is 26.0. The summed E-state index contributed by atoms with van der Waals surface area (Å²) in [7, 11) is -3.67. The van der Waals surface area contributed by atoms with Crippen molar-refractivity contribution in [3.8, 4) is 0 Å². The fraction of sp³-hybridized carbons (Fsp3) is 0.529. The van der Waals surface area contributed by atoms with Gasteiger partial charge in [-0.1, -0.05) is 19.1 Å². The topological polar surface area (TPSA) is 89.5 Å². The minimum Gasteiger partial charge on any atom is -0.444 e. The lowest BCUT2D eigenvalue weighted by atomic mass is 10.1. The van der Waals surface area contributed by atoms with E-state index in [4.69, 9.17) is 4.74 Å². The van der Waals surface area contributed by atoms with Crippen molar-refractivity contribution in [2.24, 2.45) is 0 Å². The largest absolute Gasteiger partial charge is 0.444 e. The van der Waals surface area contributed by atoms with Crippen molar-refractivity contribution in [2.45, 2.75) is 50.0 Å². The summed E-state index contributed by atoms with van der Waals surface area (Å²) < 4.78 is 43.5. The first-order valence-corrected chi connectivity index (χ1v) is 9.63. The van der Waals surface area contributed by atoms with Crippen LogP contribution in [0.25, 0.3) is 0 Å². The summed E-state index contributed by atoms with van der Waals surface area (Å²) in [4.78, 5) is 23.9. The fourth-order valence-electron chi connectivity index (χ4n) is 3.01. The molecule has 1 N–H and O–H groups in total. The van der Waals surface area contributed by atoms with Gasteiger partial charge < -0.3 is 14.8 Å². The molecule has 0 aliphatic heterocycles. The van der Waals surface area contributed by atoms with Crippen LogP contribution < -0.4 is 5.32 Å². The van der Waals surface area contributed by atoms with Crippen molar-refractivity contribution in [3.63, 3.8) is 0 Å². The summed E-state index contributed by atoms with van der Waals surface area (Å²) in [6.07, 6.45) is -0.487. The zero-order valence-corrected chi connectivity index (χ0v) is 15.4. The van der Waals surface area contributed by atoms with Crippen LogP contribution in [0.2, 0.25) is 0 Å². The van der Waals surface area contributed by atoms with Gasteiger partial charge in [-0.25, -0.2) is 17.6 Å². The second kappa shape index (κ2) is 6.40. The van der Waals surface area contributed by atoms with Crippen LogP contribution in [0.1, 0.15) is 39.2 Å². The number of alkyl carbamates (subject to hydrolysis) is 1. The minimum atomic E-state index is -3.67. The Labute approximate surface area is 146 Å². The Kier molecular flexibility index (Phi) is 4.96. The third-order valence-electron chi connectivity index (χ3n) is 4.09. The second-order valence-electron chi connectivity index (χ2n) is 7.08. The number of amides is 1. The van der Waals surface area contributed by atoms with Gasteiger partial charge in [-0.05, 0) is 38.5 Å². The van der Waals surface area contributed by atoms with Gasteiger partial charge in [-0.15, -0.1) is 0 Å². The van der Waals surface area contributed by atoms with Gasteiger partial charge in [0.15, 0.2) is 9.84 Å². The first-order valence-electron chi connectivity index (χ1n) is 7.91. The Morgan fingerprint density at radius 3 is 2.52 bits per heavy atom. The molecule has 25 heavy (non-hydrogen) atoms. The molecule has 0 bridgehead atoms. The van der Waals surface area contributed by atoms with E-state index in [2.05, 4.69) is 5.32 Å². The lowest BCUT2D eigenvalue weighted by Gasteiger charge is -2.22. The first kappa shape index (κ1) is 19.4. The zero-order valence-electron chi connectivity index (χ0n) is 14.6. The summed E-state index contributed by atoms with van der Waals surface area (Å²) in [6, 6.07) is 5.36.